The molecule has 0 radical (unpaired) electrons. The second-order valence-corrected chi connectivity index (χ2v) is 4.05. The van der Waals surface area contributed by atoms with Crippen molar-refractivity contribution in [2.24, 2.45) is 0 Å². The number of hydrogen-bond acceptors (Lipinski definition) is 3. The highest BCUT2D eigenvalue weighted by atomic mass is 16.5. The molecule has 1 amide bonds. The molecule has 1 aliphatic rings. The van der Waals surface area contributed by atoms with Crippen molar-refractivity contribution in [2.45, 2.75) is 38.1 Å². The maximum absolute atomic E-state index is 11.5. The average molecular weight is 214 g/mol. The molecule has 1 aliphatic heterocycles. The van der Waals surface area contributed by atoms with Gasteiger partial charge < -0.3 is 15.4 Å². The lowest BCUT2D eigenvalue weighted by atomic mass is 10.0. The first kappa shape index (κ1) is 12.5. The number of piperidine rings is 1. The topological polar surface area (TPSA) is 50.4 Å². The predicted molar refractivity (Wildman–Crippen MR) is 59.8 cm³/mol. The third kappa shape index (κ3) is 5.74. The van der Waals surface area contributed by atoms with Gasteiger partial charge >= 0.3 is 0 Å². The lowest BCUT2D eigenvalue weighted by Gasteiger charge is -2.22. The van der Waals surface area contributed by atoms with Crippen molar-refractivity contribution in [2.75, 3.05) is 26.8 Å². The van der Waals surface area contributed by atoms with Crippen LogP contribution in [0.2, 0.25) is 0 Å². The first-order valence-electron chi connectivity index (χ1n) is 5.82. The molecule has 2 N–H and O–H groups in total. The molecule has 1 rings (SSSR count). The summed E-state index contributed by atoms with van der Waals surface area (Å²) in [7, 11) is 1.67. The van der Waals surface area contributed by atoms with Crippen LogP contribution in [0.3, 0.4) is 0 Å². The van der Waals surface area contributed by atoms with E-state index in [0.29, 0.717) is 19.1 Å². The molecular formula is C11H22N2O2. The van der Waals surface area contributed by atoms with Gasteiger partial charge in [0.15, 0.2) is 0 Å². The molecule has 0 spiro atoms. The summed E-state index contributed by atoms with van der Waals surface area (Å²) in [4.78, 5) is 11.5. The van der Waals surface area contributed by atoms with Crippen LogP contribution >= 0.6 is 0 Å². The van der Waals surface area contributed by atoms with E-state index in [1.54, 1.807) is 7.11 Å². The van der Waals surface area contributed by atoms with E-state index in [0.717, 1.165) is 25.9 Å². The highest BCUT2D eigenvalue weighted by molar-refractivity contribution is 5.76. The minimum atomic E-state index is 0.158. The summed E-state index contributed by atoms with van der Waals surface area (Å²) in [6, 6.07) is 0.390. The zero-order chi connectivity index (χ0) is 10.9. The van der Waals surface area contributed by atoms with Gasteiger partial charge in [0.1, 0.15) is 0 Å². The molecule has 0 aromatic carbocycles. The Hall–Kier alpha value is -0.610. The summed E-state index contributed by atoms with van der Waals surface area (Å²) >= 11 is 0. The summed E-state index contributed by atoms with van der Waals surface area (Å²) in [5, 5.41) is 6.27. The Labute approximate surface area is 91.8 Å². The van der Waals surface area contributed by atoms with Gasteiger partial charge in [0.05, 0.1) is 0 Å². The summed E-state index contributed by atoms with van der Waals surface area (Å²) in [5.74, 6) is 0.158. The number of hydrogen-bond donors (Lipinski definition) is 2. The third-order valence-electron chi connectivity index (χ3n) is 2.69. The van der Waals surface area contributed by atoms with Gasteiger partial charge in [-0.15, -0.1) is 0 Å². The van der Waals surface area contributed by atoms with Crippen molar-refractivity contribution in [3.8, 4) is 0 Å². The van der Waals surface area contributed by atoms with Gasteiger partial charge in [-0.1, -0.05) is 6.42 Å². The Morgan fingerprint density at radius 3 is 3.07 bits per heavy atom. The Kier molecular flexibility index (Phi) is 6.36. The second kappa shape index (κ2) is 7.65. The van der Waals surface area contributed by atoms with E-state index in [-0.39, 0.29) is 5.91 Å². The summed E-state index contributed by atoms with van der Waals surface area (Å²) in [6.07, 6.45) is 5.12. The Balaban J connectivity index is 2.01. The highest BCUT2D eigenvalue weighted by Gasteiger charge is 2.15. The monoisotopic (exact) mass is 214 g/mol. The first-order valence-corrected chi connectivity index (χ1v) is 5.82. The van der Waals surface area contributed by atoms with Crippen molar-refractivity contribution in [3.05, 3.63) is 0 Å². The predicted octanol–water partition coefficient (Wildman–Crippen LogP) is 0.671. The zero-order valence-corrected chi connectivity index (χ0v) is 9.55. The molecule has 1 fully saturated rings. The highest BCUT2D eigenvalue weighted by Crippen LogP contribution is 2.09. The molecule has 0 aliphatic carbocycles. The van der Waals surface area contributed by atoms with Gasteiger partial charge in [-0.25, -0.2) is 0 Å². The van der Waals surface area contributed by atoms with Crippen LogP contribution in [0.15, 0.2) is 0 Å². The third-order valence-corrected chi connectivity index (χ3v) is 2.69. The van der Waals surface area contributed by atoms with E-state index in [1.165, 1.54) is 12.8 Å². The van der Waals surface area contributed by atoms with Crippen molar-refractivity contribution in [1.82, 2.24) is 10.6 Å². The number of methoxy groups -OCH3 is 1. The molecule has 0 aromatic heterocycles. The molecule has 1 unspecified atom stereocenters. The van der Waals surface area contributed by atoms with Crippen LogP contribution in [-0.4, -0.2) is 38.8 Å². The van der Waals surface area contributed by atoms with Crippen molar-refractivity contribution in [3.63, 3.8) is 0 Å². The van der Waals surface area contributed by atoms with Crippen LogP contribution in [0.25, 0.3) is 0 Å². The van der Waals surface area contributed by atoms with E-state index in [1.807, 2.05) is 0 Å². The fourth-order valence-electron chi connectivity index (χ4n) is 1.84. The summed E-state index contributed by atoms with van der Waals surface area (Å²) < 4.78 is 4.91. The minimum absolute atomic E-state index is 0.158. The Bertz CT molecular complexity index is 179. The average Bonchev–Trinajstić information content (AvgIpc) is 2.26. The Morgan fingerprint density at radius 1 is 1.53 bits per heavy atom. The maximum Gasteiger partial charge on any atom is 0.221 e. The molecule has 4 nitrogen and oxygen atoms in total. The molecule has 1 saturated heterocycles. The van der Waals surface area contributed by atoms with Crippen molar-refractivity contribution >= 4 is 5.91 Å². The van der Waals surface area contributed by atoms with Gasteiger partial charge in [-0.05, 0) is 25.8 Å². The quantitative estimate of drug-likeness (QED) is 0.639. The second-order valence-electron chi connectivity index (χ2n) is 4.05. The molecule has 0 bridgehead atoms. The van der Waals surface area contributed by atoms with Crippen LogP contribution in [0.4, 0.5) is 0 Å². The molecular weight excluding hydrogens is 192 g/mol. The van der Waals surface area contributed by atoms with Crippen molar-refractivity contribution in [1.29, 1.82) is 0 Å². The molecule has 0 aromatic rings. The van der Waals surface area contributed by atoms with Crippen LogP contribution in [0, 0.1) is 0 Å². The van der Waals surface area contributed by atoms with Crippen LogP contribution < -0.4 is 10.6 Å². The lowest BCUT2D eigenvalue weighted by molar-refractivity contribution is -0.121. The van der Waals surface area contributed by atoms with Crippen LogP contribution in [0.1, 0.15) is 32.1 Å². The van der Waals surface area contributed by atoms with Crippen LogP contribution in [-0.2, 0) is 9.53 Å². The number of rotatable bonds is 6. The fourth-order valence-corrected chi connectivity index (χ4v) is 1.84. The van der Waals surface area contributed by atoms with Gasteiger partial charge in [0, 0.05) is 32.7 Å². The molecule has 0 saturated carbocycles. The lowest BCUT2D eigenvalue weighted by Crippen LogP contribution is -2.39. The SMILES string of the molecule is COCCCNC(=O)CC1CCCCN1. The smallest absolute Gasteiger partial charge is 0.221 e. The van der Waals surface area contributed by atoms with E-state index in [9.17, 15) is 4.79 Å². The number of carbonyl (C=O) groups is 1. The minimum Gasteiger partial charge on any atom is -0.385 e. The van der Waals surface area contributed by atoms with E-state index >= 15 is 0 Å². The zero-order valence-electron chi connectivity index (χ0n) is 9.55. The number of nitrogens with one attached hydrogen (secondary N) is 2. The van der Waals surface area contributed by atoms with E-state index in [2.05, 4.69) is 10.6 Å². The van der Waals surface area contributed by atoms with E-state index < -0.39 is 0 Å². The fraction of sp³-hybridized carbons (Fsp3) is 0.909. The Morgan fingerprint density at radius 2 is 2.40 bits per heavy atom. The number of ether oxygens (including phenoxy) is 1. The van der Waals surface area contributed by atoms with Gasteiger partial charge in [-0.3, -0.25) is 4.79 Å². The van der Waals surface area contributed by atoms with Crippen LogP contribution in [0.5, 0.6) is 0 Å². The molecule has 1 atom stereocenters. The molecule has 15 heavy (non-hydrogen) atoms. The number of amides is 1. The summed E-state index contributed by atoms with van der Waals surface area (Å²) in [6.45, 7) is 2.49. The molecule has 4 heteroatoms. The van der Waals surface area contributed by atoms with Gasteiger partial charge in [0.2, 0.25) is 5.91 Å². The van der Waals surface area contributed by atoms with Gasteiger partial charge in [0.25, 0.3) is 0 Å². The molecule has 1 heterocycles. The van der Waals surface area contributed by atoms with Gasteiger partial charge in [-0.2, -0.15) is 0 Å². The van der Waals surface area contributed by atoms with Crippen molar-refractivity contribution < 1.29 is 9.53 Å². The number of carbonyl (C=O) groups excluding carboxylic acids is 1. The van der Waals surface area contributed by atoms with E-state index in [4.69, 9.17) is 4.74 Å². The normalized spacial score (nSPS) is 21.3. The largest absolute Gasteiger partial charge is 0.385 e. The maximum atomic E-state index is 11.5. The molecule has 88 valence electrons. The standard InChI is InChI=1S/C11H22N2O2/c1-15-8-4-7-13-11(14)9-10-5-2-3-6-12-10/h10,12H,2-9H2,1H3,(H,13,14). The first-order chi connectivity index (χ1) is 7.33. The summed E-state index contributed by atoms with van der Waals surface area (Å²) in [5.41, 5.74) is 0.